The van der Waals surface area contributed by atoms with E-state index in [0.717, 1.165) is 12.1 Å². The fourth-order valence-corrected chi connectivity index (χ4v) is 2.95. The summed E-state index contributed by atoms with van der Waals surface area (Å²) in [6.45, 7) is -0.525. The second kappa shape index (κ2) is 10.5. The van der Waals surface area contributed by atoms with Crippen LogP contribution in [0.2, 0.25) is 5.02 Å². The Balaban J connectivity index is 1.70. The highest BCUT2D eigenvalue weighted by atomic mass is 35.5. The number of rotatable bonds is 9. The molecule has 0 aliphatic heterocycles. The van der Waals surface area contributed by atoms with Gasteiger partial charge in [-0.3, -0.25) is 9.59 Å². The Morgan fingerprint density at radius 3 is 2.10 bits per heavy atom. The number of nitrogens with one attached hydrogen (secondary N) is 1. The van der Waals surface area contributed by atoms with Crippen LogP contribution in [0.25, 0.3) is 0 Å². The molecule has 0 amide bonds. The molecule has 1 atom stereocenters. The minimum atomic E-state index is -1.02. The van der Waals surface area contributed by atoms with Crippen molar-refractivity contribution < 1.29 is 23.5 Å². The van der Waals surface area contributed by atoms with Crippen molar-refractivity contribution in [2.24, 2.45) is 0 Å². The van der Waals surface area contributed by atoms with E-state index < -0.39 is 30.2 Å². The van der Waals surface area contributed by atoms with Crippen LogP contribution in [0.1, 0.15) is 27.1 Å². The molecule has 5 nitrogen and oxygen atoms in total. The Bertz CT molecular complexity index is 1050. The molecular formula is C24H19ClFNO4. The van der Waals surface area contributed by atoms with Crippen LogP contribution in [0.3, 0.4) is 0 Å². The molecule has 7 heteroatoms. The molecule has 0 saturated heterocycles. The van der Waals surface area contributed by atoms with Gasteiger partial charge in [-0.15, -0.1) is 0 Å². The van der Waals surface area contributed by atoms with Crippen molar-refractivity contribution in [3.63, 3.8) is 0 Å². The molecule has 0 aromatic heterocycles. The molecule has 0 heterocycles. The molecule has 0 aliphatic carbocycles. The second-order valence-corrected chi connectivity index (χ2v) is 7.17. The molecule has 0 saturated carbocycles. The Kier molecular flexibility index (Phi) is 7.51. The molecule has 0 fully saturated rings. The number of halogens is 2. The van der Waals surface area contributed by atoms with Gasteiger partial charge in [-0.05, 0) is 48.5 Å². The van der Waals surface area contributed by atoms with Gasteiger partial charge >= 0.3 is 5.97 Å². The third-order valence-electron chi connectivity index (χ3n) is 4.47. The highest BCUT2D eigenvalue weighted by Gasteiger charge is 2.25. The average molecular weight is 440 g/mol. The van der Waals surface area contributed by atoms with Gasteiger partial charge in [0.15, 0.2) is 18.2 Å². The number of ether oxygens (including phenoxy) is 1. The Labute approximate surface area is 183 Å². The third-order valence-corrected chi connectivity index (χ3v) is 4.72. The van der Waals surface area contributed by atoms with Crippen molar-refractivity contribution in [1.29, 1.82) is 0 Å². The first-order chi connectivity index (χ1) is 14.9. The number of ketones is 2. The first-order valence-corrected chi connectivity index (χ1v) is 9.86. The minimum absolute atomic E-state index is 0.170. The standard InChI is InChI=1S/C24H19ClFNO4/c25-18-8-12-20(13-9-18)27-21(14-22(28)16-4-2-1-3-5-16)24(30)31-15-23(29)17-6-10-19(26)11-7-17/h1-13,21,27H,14-15H2. The summed E-state index contributed by atoms with van der Waals surface area (Å²) >= 11 is 5.89. The zero-order valence-electron chi connectivity index (χ0n) is 16.4. The van der Waals surface area contributed by atoms with Crippen molar-refractivity contribution in [3.05, 3.63) is 101 Å². The lowest BCUT2D eigenvalue weighted by atomic mass is 10.0. The van der Waals surface area contributed by atoms with Gasteiger partial charge in [0.05, 0.1) is 0 Å². The molecule has 0 radical (unpaired) electrons. The van der Waals surface area contributed by atoms with Crippen molar-refractivity contribution in [3.8, 4) is 0 Å². The summed E-state index contributed by atoms with van der Waals surface area (Å²) < 4.78 is 18.2. The zero-order chi connectivity index (χ0) is 22.2. The first kappa shape index (κ1) is 22.2. The van der Waals surface area contributed by atoms with E-state index in [-0.39, 0.29) is 17.8 Å². The minimum Gasteiger partial charge on any atom is -0.456 e. The normalized spacial score (nSPS) is 11.4. The summed E-state index contributed by atoms with van der Waals surface area (Å²) in [6, 6.07) is 19.1. The zero-order valence-corrected chi connectivity index (χ0v) is 17.1. The fourth-order valence-electron chi connectivity index (χ4n) is 2.82. The van der Waals surface area contributed by atoms with E-state index in [4.69, 9.17) is 16.3 Å². The Morgan fingerprint density at radius 2 is 1.45 bits per heavy atom. The van der Waals surface area contributed by atoms with Gasteiger partial charge in [0.25, 0.3) is 0 Å². The van der Waals surface area contributed by atoms with E-state index >= 15 is 0 Å². The van der Waals surface area contributed by atoms with Crippen LogP contribution in [0.4, 0.5) is 10.1 Å². The number of Topliss-reactive ketones (excluding diaryl/α,β-unsaturated/α-hetero) is 2. The quantitative estimate of drug-likeness (QED) is 0.377. The van der Waals surface area contributed by atoms with Gasteiger partial charge in [0.2, 0.25) is 0 Å². The van der Waals surface area contributed by atoms with Gasteiger partial charge < -0.3 is 10.1 Å². The van der Waals surface area contributed by atoms with Crippen LogP contribution in [0.15, 0.2) is 78.9 Å². The summed E-state index contributed by atoms with van der Waals surface area (Å²) in [5, 5.41) is 3.49. The molecule has 158 valence electrons. The van der Waals surface area contributed by atoms with E-state index in [1.54, 1.807) is 54.6 Å². The van der Waals surface area contributed by atoms with Crippen LogP contribution in [0, 0.1) is 5.82 Å². The van der Waals surface area contributed by atoms with Crippen LogP contribution in [-0.4, -0.2) is 30.2 Å². The van der Waals surface area contributed by atoms with E-state index in [2.05, 4.69) is 5.32 Å². The largest absolute Gasteiger partial charge is 0.456 e. The topological polar surface area (TPSA) is 72.5 Å². The predicted octanol–water partition coefficient (Wildman–Crippen LogP) is 4.96. The summed E-state index contributed by atoms with van der Waals surface area (Å²) in [6.07, 6.45) is -0.170. The lowest BCUT2D eigenvalue weighted by Gasteiger charge is -2.18. The lowest BCUT2D eigenvalue weighted by Crippen LogP contribution is -2.34. The second-order valence-electron chi connectivity index (χ2n) is 6.73. The molecule has 31 heavy (non-hydrogen) atoms. The van der Waals surface area contributed by atoms with E-state index in [9.17, 15) is 18.8 Å². The van der Waals surface area contributed by atoms with Crippen molar-refractivity contribution in [2.75, 3.05) is 11.9 Å². The highest BCUT2D eigenvalue weighted by molar-refractivity contribution is 6.30. The fraction of sp³-hybridized carbons (Fsp3) is 0.125. The summed E-state index contributed by atoms with van der Waals surface area (Å²) in [4.78, 5) is 37.5. The highest BCUT2D eigenvalue weighted by Crippen LogP contribution is 2.17. The van der Waals surface area contributed by atoms with Gasteiger partial charge in [-0.2, -0.15) is 0 Å². The van der Waals surface area contributed by atoms with Crippen LogP contribution in [0.5, 0.6) is 0 Å². The Hall–Kier alpha value is -3.51. The molecule has 1 N–H and O–H groups in total. The van der Waals surface area contributed by atoms with Crippen LogP contribution in [-0.2, 0) is 9.53 Å². The number of esters is 1. The molecule has 0 bridgehead atoms. The van der Waals surface area contributed by atoms with Crippen molar-refractivity contribution in [2.45, 2.75) is 12.5 Å². The molecule has 0 spiro atoms. The predicted molar refractivity (Wildman–Crippen MR) is 116 cm³/mol. The molecule has 0 aliphatic rings. The molecule has 3 aromatic carbocycles. The summed E-state index contributed by atoms with van der Waals surface area (Å²) in [5.74, 6) is -1.96. The van der Waals surface area contributed by atoms with Gasteiger partial charge in [0, 0.05) is 28.3 Å². The maximum absolute atomic E-state index is 13.0. The van der Waals surface area contributed by atoms with Gasteiger partial charge in [-0.25, -0.2) is 9.18 Å². The van der Waals surface area contributed by atoms with E-state index in [1.807, 2.05) is 0 Å². The molecular weight excluding hydrogens is 421 g/mol. The summed E-state index contributed by atoms with van der Waals surface area (Å²) in [7, 11) is 0. The maximum Gasteiger partial charge on any atom is 0.329 e. The smallest absolute Gasteiger partial charge is 0.329 e. The number of carbonyl (C=O) groups excluding carboxylic acids is 3. The molecule has 3 aromatic rings. The van der Waals surface area contributed by atoms with Crippen molar-refractivity contribution in [1.82, 2.24) is 0 Å². The number of hydrogen-bond donors (Lipinski definition) is 1. The lowest BCUT2D eigenvalue weighted by molar-refractivity contribution is -0.143. The number of hydrogen-bond acceptors (Lipinski definition) is 5. The van der Waals surface area contributed by atoms with E-state index in [1.165, 1.54) is 12.1 Å². The number of benzene rings is 3. The number of carbonyl (C=O) groups is 3. The van der Waals surface area contributed by atoms with Crippen LogP contribution < -0.4 is 5.32 Å². The maximum atomic E-state index is 13.0. The molecule has 1 unspecified atom stereocenters. The first-order valence-electron chi connectivity index (χ1n) is 9.48. The SMILES string of the molecule is O=C(COC(=O)C(CC(=O)c1ccccc1)Nc1ccc(Cl)cc1)c1ccc(F)cc1. The summed E-state index contributed by atoms with van der Waals surface area (Å²) in [5.41, 5.74) is 1.24. The van der Waals surface area contributed by atoms with Crippen LogP contribution >= 0.6 is 11.6 Å². The third kappa shape index (κ3) is 6.49. The number of anilines is 1. The van der Waals surface area contributed by atoms with Gasteiger partial charge in [0.1, 0.15) is 11.9 Å². The molecule has 3 rings (SSSR count). The van der Waals surface area contributed by atoms with E-state index in [0.29, 0.717) is 16.3 Å². The Morgan fingerprint density at radius 1 is 0.839 bits per heavy atom. The van der Waals surface area contributed by atoms with Gasteiger partial charge in [-0.1, -0.05) is 41.9 Å². The van der Waals surface area contributed by atoms with Crippen molar-refractivity contribution >= 4 is 34.8 Å². The average Bonchev–Trinajstić information content (AvgIpc) is 2.79. The monoisotopic (exact) mass is 439 g/mol.